The molecule has 0 bridgehead atoms. The Kier molecular flexibility index (Phi) is 13.2. The van der Waals surface area contributed by atoms with E-state index in [0.717, 1.165) is 102 Å². The van der Waals surface area contributed by atoms with Crippen LogP contribution in [0.2, 0.25) is 0 Å². The smallest absolute Gasteiger partial charge is 0.407 e. The molecule has 12 heteroatoms. The summed E-state index contributed by atoms with van der Waals surface area (Å²) in [4.78, 5) is 60.5. The third kappa shape index (κ3) is 9.40. The highest BCUT2D eigenvalue weighted by atomic mass is 32.1. The summed E-state index contributed by atoms with van der Waals surface area (Å²) in [5, 5.41) is 4.85. The van der Waals surface area contributed by atoms with Crippen LogP contribution < -0.4 is 5.32 Å². The van der Waals surface area contributed by atoms with E-state index in [9.17, 15) is 14.4 Å². The van der Waals surface area contributed by atoms with Crippen LogP contribution in [0, 0.1) is 0 Å². The minimum absolute atomic E-state index is 0.0125. The molecule has 61 heavy (non-hydrogen) atoms. The number of benzene rings is 3. The van der Waals surface area contributed by atoms with Crippen LogP contribution in [0.3, 0.4) is 0 Å². The zero-order valence-electron chi connectivity index (χ0n) is 35.3. The summed E-state index contributed by atoms with van der Waals surface area (Å²) in [5.41, 5.74) is 8.58. The van der Waals surface area contributed by atoms with Crippen LogP contribution in [0.4, 0.5) is 4.79 Å². The Bertz CT molecular complexity index is 2340. The van der Waals surface area contributed by atoms with Gasteiger partial charge in [-0.3, -0.25) is 19.5 Å². The first kappa shape index (κ1) is 41.9. The van der Waals surface area contributed by atoms with E-state index in [-0.39, 0.29) is 42.4 Å². The van der Waals surface area contributed by atoms with Crippen LogP contribution in [0.1, 0.15) is 86.3 Å². The zero-order valence-corrected chi connectivity index (χ0v) is 36.1. The maximum atomic E-state index is 14.3. The summed E-state index contributed by atoms with van der Waals surface area (Å²) in [7, 11) is 1.33. The van der Waals surface area contributed by atoms with Crippen molar-refractivity contribution in [1.29, 1.82) is 0 Å². The highest BCUT2D eigenvalue weighted by Crippen LogP contribution is 2.35. The van der Waals surface area contributed by atoms with Gasteiger partial charge in [0.25, 0.3) is 0 Å². The lowest BCUT2D eigenvalue weighted by Gasteiger charge is -2.35. The number of rotatable bonds is 15. The number of imidazole rings is 1. The van der Waals surface area contributed by atoms with Gasteiger partial charge < -0.3 is 24.8 Å². The number of amides is 3. The van der Waals surface area contributed by atoms with Crippen LogP contribution in [0.25, 0.3) is 28.0 Å². The minimum Gasteiger partial charge on any atom is -0.453 e. The van der Waals surface area contributed by atoms with Crippen molar-refractivity contribution in [3.05, 3.63) is 131 Å². The Balaban J connectivity index is 0.880. The monoisotopic (exact) mass is 837 g/mol. The Morgan fingerprint density at radius 1 is 0.852 bits per heavy atom. The predicted octanol–water partition coefficient (Wildman–Crippen LogP) is 9.09. The largest absolute Gasteiger partial charge is 0.453 e. The Labute approximate surface area is 362 Å². The lowest BCUT2D eigenvalue weighted by atomic mass is 9.96. The van der Waals surface area contributed by atoms with Crippen LogP contribution in [-0.4, -0.2) is 93.7 Å². The van der Waals surface area contributed by atoms with Gasteiger partial charge in [-0.25, -0.2) is 9.78 Å². The van der Waals surface area contributed by atoms with Gasteiger partial charge >= 0.3 is 6.09 Å². The maximum absolute atomic E-state index is 14.3. The summed E-state index contributed by atoms with van der Waals surface area (Å²) in [6.45, 7) is 7.27. The molecule has 0 saturated carbocycles. The average Bonchev–Trinajstić information content (AvgIpc) is 4.16. The molecule has 11 nitrogen and oxygen atoms in total. The lowest BCUT2D eigenvalue weighted by Crippen LogP contribution is -2.47. The van der Waals surface area contributed by atoms with Crippen LogP contribution in [0.15, 0.2) is 114 Å². The number of aromatic amines is 1. The van der Waals surface area contributed by atoms with Crippen molar-refractivity contribution in [2.75, 3.05) is 33.3 Å². The summed E-state index contributed by atoms with van der Waals surface area (Å²) >= 11 is 1.61. The number of carbonyl (C=O) groups excluding carboxylic acids is 3. The number of ether oxygens (including phenoxy) is 1. The number of aliphatic imine (C=N–C) groups is 1. The second-order valence-electron chi connectivity index (χ2n) is 16.1. The molecule has 2 saturated heterocycles. The van der Waals surface area contributed by atoms with E-state index in [1.54, 1.807) is 11.3 Å². The fourth-order valence-corrected chi connectivity index (χ4v) is 10.0. The van der Waals surface area contributed by atoms with E-state index in [1.165, 1.54) is 12.7 Å². The van der Waals surface area contributed by atoms with Crippen LogP contribution >= 0.6 is 11.3 Å². The van der Waals surface area contributed by atoms with Crippen molar-refractivity contribution in [3.63, 3.8) is 0 Å². The third-order valence-corrected chi connectivity index (χ3v) is 13.3. The number of hydrogen-bond donors (Lipinski definition) is 2. The summed E-state index contributed by atoms with van der Waals surface area (Å²) in [5.74, 6) is 0.931. The number of methoxy groups -OCH3 is 1. The van der Waals surface area contributed by atoms with Gasteiger partial charge in [0.05, 0.1) is 31.1 Å². The number of aromatic nitrogens is 2. The zero-order chi connectivity index (χ0) is 42.3. The van der Waals surface area contributed by atoms with Crippen LogP contribution in [0.5, 0.6) is 0 Å². The van der Waals surface area contributed by atoms with Crippen molar-refractivity contribution in [1.82, 2.24) is 30.0 Å². The first-order valence-electron chi connectivity index (χ1n) is 21.6. The molecular weight excluding hydrogens is 783 g/mol. The standard InChI is InChI=1S/C49H55N7O4S/c1-4-54(5-2)46(37-12-7-6-8-13-37)48(58)56-26-9-15-43(56)41-28-38(31-50-41)35-19-17-33(18-20-35)34-21-23-36(24-22-34)42-32-51-47(53-42)44-16-10-25-55(44)45(57)30-39(52-49(59)60-3)29-40-14-11-27-61-40/h6-8,11-14,17-24,27,31-32,39,43-44,46H,4-5,9-10,15-16,25-26,28-30H2,1-3H3,(H,51,53)(H,52,59)/t39-,43-,44-,46?/m0/s1. The van der Waals surface area contributed by atoms with E-state index in [2.05, 4.69) is 94.6 Å². The second-order valence-corrected chi connectivity index (χ2v) is 17.1. The molecule has 316 valence electrons. The lowest BCUT2D eigenvalue weighted by molar-refractivity contribution is -0.137. The van der Waals surface area contributed by atoms with Gasteiger partial charge in [0.15, 0.2) is 0 Å². The third-order valence-electron chi connectivity index (χ3n) is 12.4. The molecule has 2 fully saturated rings. The quantitative estimate of drug-likeness (QED) is 0.109. The van der Waals surface area contributed by atoms with E-state index in [0.29, 0.717) is 13.0 Å². The van der Waals surface area contributed by atoms with Crippen molar-refractivity contribution in [2.45, 2.75) is 83.0 Å². The summed E-state index contributed by atoms with van der Waals surface area (Å²) < 4.78 is 4.85. The van der Waals surface area contributed by atoms with Gasteiger partial charge in [0.2, 0.25) is 11.8 Å². The molecule has 4 atom stereocenters. The molecule has 3 aromatic carbocycles. The molecule has 0 spiro atoms. The molecule has 3 aliphatic rings. The fourth-order valence-electron chi connectivity index (χ4n) is 9.22. The Morgan fingerprint density at radius 3 is 2.20 bits per heavy atom. The topological polar surface area (TPSA) is 123 Å². The number of allylic oxidation sites excluding steroid dienone is 1. The molecule has 8 rings (SSSR count). The Morgan fingerprint density at radius 2 is 1.52 bits per heavy atom. The average molecular weight is 838 g/mol. The Hall–Kier alpha value is -5.85. The predicted molar refractivity (Wildman–Crippen MR) is 242 cm³/mol. The number of H-pyrrole nitrogens is 1. The fraction of sp³-hybridized carbons (Fsp3) is 0.367. The number of hydrogen-bond acceptors (Lipinski definition) is 8. The summed E-state index contributed by atoms with van der Waals surface area (Å²) in [6.07, 6.45) is 8.41. The number of nitrogens with one attached hydrogen (secondary N) is 2. The van der Waals surface area contributed by atoms with Gasteiger partial charge in [-0.05, 0) is 83.6 Å². The first-order valence-corrected chi connectivity index (χ1v) is 22.5. The van der Waals surface area contributed by atoms with E-state index in [4.69, 9.17) is 14.7 Å². The normalized spacial score (nSPS) is 18.6. The van der Waals surface area contributed by atoms with Crippen LogP contribution in [-0.2, 0) is 20.7 Å². The highest BCUT2D eigenvalue weighted by Gasteiger charge is 2.39. The number of thiophene rings is 1. The molecule has 1 unspecified atom stereocenters. The van der Waals surface area contributed by atoms with Gasteiger partial charge in [0.1, 0.15) is 11.9 Å². The minimum atomic E-state index is -0.539. The number of likely N-dealkylation sites (tertiary alicyclic amines) is 2. The van der Waals surface area contributed by atoms with Gasteiger partial charge in [-0.15, -0.1) is 11.3 Å². The maximum Gasteiger partial charge on any atom is 0.407 e. The van der Waals surface area contributed by atoms with Gasteiger partial charge in [-0.2, -0.15) is 0 Å². The van der Waals surface area contributed by atoms with Crippen molar-refractivity contribution >= 4 is 40.5 Å². The molecule has 3 amide bonds. The van der Waals surface area contributed by atoms with Gasteiger partial charge in [0, 0.05) is 55.2 Å². The molecule has 2 aromatic heterocycles. The summed E-state index contributed by atoms with van der Waals surface area (Å²) in [6, 6.07) is 30.5. The highest BCUT2D eigenvalue weighted by molar-refractivity contribution is 7.09. The number of nitrogens with zero attached hydrogens (tertiary/aromatic N) is 5. The molecule has 0 radical (unpaired) electrons. The second kappa shape index (κ2) is 19.2. The first-order chi connectivity index (χ1) is 29.8. The van der Waals surface area contributed by atoms with E-state index < -0.39 is 6.09 Å². The van der Waals surface area contributed by atoms with Crippen molar-refractivity contribution in [3.8, 4) is 22.4 Å². The van der Waals surface area contributed by atoms with Crippen molar-refractivity contribution < 1.29 is 19.1 Å². The number of carbonyl (C=O) groups is 3. The molecule has 3 aliphatic heterocycles. The van der Waals surface area contributed by atoms with E-state index in [1.807, 2.05) is 53.0 Å². The van der Waals surface area contributed by atoms with E-state index >= 15 is 0 Å². The molecule has 5 heterocycles. The molecule has 5 aromatic rings. The van der Waals surface area contributed by atoms with Crippen molar-refractivity contribution in [2.24, 2.45) is 4.99 Å². The molecule has 0 aliphatic carbocycles. The van der Waals surface area contributed by atoms with Gasteiger partial charge in [-0.1, -0.05) is 98.8 Å². The number of alkyl carbamates (subject to hydrolysis) is 1. The molecule has 2 N–H and O–H groups in total. The molecular formula is C49H55N7O4S. The SMILES string of the molecule is CCN(CC)C(C(=O)N1CCC[C@H]1C1=NC=C(c2ccc(-c3ccc(-c4cnc([C@@H]5CCCN5C(=O)C[C@H](Cc5cccs5)NC(=O)OC)[nH]4)cc3)cc2)C1)c1ccccc1. The number of likely N-dealkylation sites (N-methyl/N-ethyl adjacent to an activating group) is 1.